The van der Waals surface area contributed by atoms with Crippen LogP contribution in [0.5, 0.6) is 0 Å². The minimum atomic E-state index is -0.833. The quantitative estimate of drug-likeness (QED) is 0.541. The molecule has 0 aromatic heterocycles. The van der Waals surface area contributed by atoms with E-state index in [-0.39, 0.29) is 24.8 Å². The molecule has 1 saturated heterocycles. The lowest BCUT2D eigenvalue weighted by atomic mass is 10.4. The number of rotatable bonds is 0. The second-order valence-electron chi connectivity index (χ2n) is 2.02. The molecule has 3 N–H and O–H groups in total. The fourth-order valence-corrected chi connectivity index (χ4v) is 0.604. The predicted molar refractivity (Wildman–Crippen MR) is 53.5 cm³/mol. The van der Waals surface area contributed by atoms with E-state index in [9.17, 15) is 0 Å². The molecule has 0 spiro atoms. The Morgan fingerprint density at radius 1 is 1.08 bits per heavy atom. The van der Waals surface area contributed by atoms with Crippen molar-refractivity contribution < 1.29 is 9.90 Å². The normalized spacial score (nSPS) is 14.1. The summed E-state index contributed by atoms with van der Waals surface area (Å²) in [6.07, 6.45) is 0. The lowest BCUT2D eigenvalue weighted by Gasteiger charge is -2.11. The maximum atomic E-state index is 9.00. The van der Waals surface area contributed by atoms with Crippen molar-refractivity contribution in [2.75, 3.05) is 26.2 Å². The van der Waals surface area contributed by atoms with E-state index in [2.05, 4.69) is 10.6 Å². The van der Waals surface area contributed by atoms with Crippen LogP contribution in [0.3, 0.4) is 0 Å². The van der Waals surface area contributed by atoms with Gasteiger partial charge in [0.05, 0.1) is 0 Å². The van der Waals surface area contributed by atoms with E-state index in [1.54, 1.807) is 0 Å². The zero-order chi connectivity index (χ0) is 7.82. The average Bonchev–Trinajstić information content (AvgIpc) is 1.90. The molecule has 0 amide bonds. The van der Waals surface area contributed by atoms with Crippen LogP contribution >= 0.6 is 24.8 Å². The fourth-order valence-electron chi connectivity index (χ4n) is 0.604. The molecule has 0 aliphatic carbocycles. The smallest absolute Gasteiger partial charge is 0.300 e. The molecule has 0 aromatic rings. The minimum absolute atomic E-state index is 0. The van der Waals surface area contributed by atoms with Crippen LogP contribution in [-0.4, -0.2) is 37.3 Å². The first-order valence-corrected chi connectivity index (χ1v) is 3.34. The summed E-state index contributed by atoms with van der Waals surface area (Å²) in [7, 11) is 0. The van der Waals surface area contributed by atoms with Gasteiger partial charge in [-0.05, 0) is 0 Å². The lowest BCUT2D eigenvalue weighted by molar-refractivity contribution is -0.134. The molecule has 12 heavy (non-hydrogen) atoms. The molecule has 0 bridgehead atoms. The first kappa shape index (κ1) is 17.9. The van der Waals surface area contributed by atoms with Gasteiger partial charge in [0.25, 0.3) is 5.97 Å². The molecular formula is C6H16Cl2N2O2. The van der Waals surface area contributed by atoms with Crippen LogP contribution < -0.4 is 10.6 Å². The Morgan fingerprint density at radius 3 is 1.33 bits per heavy atom. The molecule has 0 radical (unpaired) electrons. The summed E-state index contributed by atoms with van der Waals surface area (Å²) in [4.78, 5) is 9.00. The van der Waals surface area contributed by atoms with Gasteiger partial charge in [0.1, 0.15) is 0 Å². The van der Waals surface area contributed by atoms with Crippen molar-refractivity contribution >= 4 is 30.8 Å². The molecule has 1 aliphatic heterocycles. The highest BCUT2D eigenvalue weighted by atomic mass is 35.5. The van der Waals surface area contributed by atoms with E-state index in [1.807, 2.05) is 0 Å². The lowest BCUT2D eigenvalue weighted by Crippen LogP contribution is -2.39. The third-order valence-electron chi connectivity index (χ3n) is 0.957. The first-order valence-electron chi connectivity index (χ1n) is 3.34. The van der Waals surface area contributed by atoms with Crippen molar-refractivity contribution in [1.82, 2.24) is 10.6 Å². The van der Waals surface area contributed by atoms with Crippen LogP contribution in [0.2, 0.25) is 0 Å². The van der Waals surface area contributed by atoms with Gasteiger partial charge in [-0.3, -0.25) is 4.79 Å². The summed E-state index contributed by atoms with van der Waals surface area (Å²) in [5, 5.41) is 13.9. The van der Waals surface area contributed by atoms with Gasteiger partial charge in [0.15, 0.2) is 0 Å². The third-order valence-corrected chi connectivity index (χ3v) is 0.957. The maximum Gasteiger partial charge on any atom is 0.300 e. The van der Waals surface area contributed by atoms with Crippen molar-refractivity contribution in [1.29, 1.82) is 0 Å². The Balaban J connectivity index is -0.000000124. The summed E-state index contributed by atoms with van der Waals surface area (Å²) in [6, 6.07) is 0. The zero-order valence-corrected chi connectivity index (χ0v) is 8.63. The molecule has 1 heterocycles. The first-order chi connectivity index (χ1) is 4.73. The molecule has 0 atom stereocenters. The van der Waals surface area contributed by atoms with Crippen molar-refractivity contribution in [3.05, 3.63) is 0 Å². The minimum Gasteiger partial charge on any atom is -0.481 e. The number of hydrogen-bond donors (Lipinski definition) is 3. The van der Waals surface area contributed by atoms with Gasteiger partial charge in [-0.25, -0.2) is 0 Å². The molecule has 1 rings (SSSR count). The van der Waals surface area contributed by atoms with Gasteiger partial charge in [-0.15, -0.1) is 24.8 Å². The fraction of sp³-hybridized carbons (Fsp3) is 0.833. The predicted octanol–water partition coefficient (Wildman–Crippen LogP) is 0.114. The summed E-state index contributed by atoms with van der Waals surface area (Å²) >= 11 is 0. The van der Waals surface area contributed by atoms with E-state index in [0.717, 1.165) is 33.1 Å². The summed E-state index contributed by atoms with van der Waals surface area (Å²) in [5.41, 5.74) is 0. The van der Waals surface area contributed by atoms with Gasteiger partial charge in [-0.1, -0.05) is 0 Å². The van der Waals surface area contributed by atoms with Crippen molar-refractivity contribution in [3.8, 4) is 0 Å². The Labute approximate surface area is 84.9 Å². The van der Waals surface area contributed by atoms with E-state index >= 15 is 0 Å². The monoisotopic (exact) mass is 218 g/mol. The van der Waals surface area contributed by atoms with Crippen LogP contribution in [0.15, 0.2) is 0 Å². The summed E-state index contributed by atoms with van der Waals surface area (Å²) in [5.74, 6) is -0.833. The molecule has 4 nitrogen and oxygen atoms in total. The van der Waals surface area contributed by atoms with Crippen molar-refractivity contribution in [2.45, 2.75) is 6.92 Å². The number of carboxylic acids is 1. The maximum absolute atomic E-state index is 9.00. The van der Waals surface area contributed by atoms with E-state index < -0.39 is 5.97 Å². The molecule has 0 unspecified atom stereocenters. The van der Waals surface area contributed by atoms with E-state index in [0.29, 0.717) is 0 Å². The Kier molecular flexibility index (Phi) is 20.2. The molecule has 0 saturated carbocycles. The second-order valence-corrected chi connectivity index (χ2v) is 2.02. The van der Waals surface area contributed by atoms with Crippen LogP contribution in [0, 0.1) is 0 Å². The number of halogens is 2. The Hall–Kier alpha value is -0.0300. The standard InChI is InChI=1S/C4H10N2.C2H4O2.2ClH/c1-2-6-4-3-5-1;1-2(3)4;;/h5-6H,1-4H2;1H3,(H,3,4);2*1H. The number of aliphatic carboxylic acids is 1. The van der Waals surface area contributed by atoms with E-state index in [4.69, 9.17) is 9.90 Å². The third kappa shape index (κ3) is 22.5. The van der Waals surface area contributed by atoms with Gasteiger partial charge >= 0.3 is 0 Å². The highest BCUT2D eigenvalue weighted by molar-refractivity contribution is 5.85. The van der Waals surface area contributed by atoms with Gasteiger partial charge in [0, 0.05) is 33.1 Å². The molecule has 0 aromatic carbocycles. The highest BCUT2D eigenvalue weighted by Crippen LogP contribution is 1.65. The molecule has 6 heteroatoms. The number of carboxylic acid groups (broad SMARTS) is 1. The topological polar surface area (TPSA) is 61.4 Å². The summed E-state index contributed by atoms with van der Waals surface area (Å²) < 4.78 is 0. The number of nitrogens with one attached hydrogen (secondary N) is 2. The second kappa shape index (κ2) is 13.6. The van der Waals surface area contributed by atoms with E-state index in [1.165, 1.54) is 0 Å². The summed E-state index contributed by atoms with van der Waals surface area (Å²) in [6.45, 7) is 5.64. The zero-order valence-electron chi connectivity index (χ0n) is 7.00. The van der Waals surface area contributed by atoms with Crippen LogP contribution in [-0.2, 0) is 4.79 Å². The van der Waals surface area contributed by atoms with Crippen molar-refractivity contribution in [2.24, 2.45) is 0 Å². The van der Waals surface area contributed by atoms with Gasteiger partial charge in [0.2, 0.25) is 0 Å². The number of carbonyl (C=O) groups is 1. The Bertz CT molecular complexity index is 84.0. The van der Waals surface area contributed by atoms with Gasteiger partial charge in [-0.2, -0.15) is 0 Å². The largest absolute Gasteiger partial charge is 0.481 e. The van der Waals surface area contributed by atoms with Crippen LogP contribution in [0.1, 0.15) is 6.92 Å². The molecule has 1 aliphatic rings. The number of hydrogen-bond acceptors (Lipinski definition) is 3. The molecule has 1 fully saturated rings. The Morgan fingerprint density at radius 2 is 1.25 bits per heavy atom. The average molecular weight is 219 g/mol. The van der Waals surface area contributed by atoms with Crippen LogP contribution in [0.25, 0.3) is 0 Å². The number of piperazine rings is 1. The SMILES string of the molecule is C1CNCCN1.CC(=O)O.Cl.Cl. The van der Waals surface area contributed by atoms with Gasteiger partial charge < -0.3 is 15.7 Å². The van der Waals surface area contributed by atoms with Crippen molar-refractivity contribution in [3.63, 3.8) is 0 Å². The highest BCUT2D eigenvalue weighted by Gasteiger charge is 1.91. The molecule has 76 valence electrons. The van der Waals surface area contributed by atoms with Crippen LogP contribution in [0.4, 0.5) is 0 Å². The molecular weight excluding hydrogens is 203 g/mol.